The molecular weight excluding hydrogens is 396 g/mol. The molecule has 3 rings (SSSR count). The maximum absolute atomic E-state index is 13.0. The first-order valence-corrected chi connectivity index (χ1v) is 11.2. The van der Waals surface area contributed by atoms with Gasteiger partial charge in [0.25, 0.3) is 10.0 Å². The fourth-order valence-electron chi connectivity index (χ4n) is 2.99. The Morgan fingerprint density at radius 2 is 2.00 bits per heavy atom. The van der Waals surface area contributed by atoms with E-state index in [1.807, 2.05) is 26.2 Å². The van der Waals surface area contributed by atoms with Gasteiger partial charge in [0, 0.05) is 11.4 Å². The first-order chi connectivity index (χ1) is 13.1. The zero-order chi connectivity index (χ0) is 20.5. The van der Waals surface area contributed by atoms with Crippen molar-refractivity contribution in [1.29, 1.82) is 0 Å². The molecule has 0 saturated heterocycles. The van der Waals surface area contributed by atoms with E-state index in [1.54, 1.807) is 48.3 Å². The first kappa shape index (κ1) is 20.3. The second-order valence-corrected chi connectivity index (χ2v) is 9.82. The lowest BCUT2D eigenvalue weighted by Gasteiger charge is -2.21. The van der Waals surface area contributed by atoms with Gasteiger partial charge in [-0.25, -0.2) is 13.4 Å². The minimum Gasteiger partial charge on any atom is -0.487 e. The van der Waals surface area contributed by atoms with Gasteiger partial charge in [-0.3, -0.25) is 9.40 Å². The Morgan fingerprint density at radius 3 is 2.61 bits per heavy atom. The highest BCUT2D eigenvalue weighted by Crippen LogP contribution is 2.28. The van der Waals surface area contributed by atoms with E-state index in [4.69, 9.17) is 4.74 Å². The highest BCUT2D eigenvalue weighted by Gasteiger charge is 2.28. The first-order valence-electron chi connectivity index (χ1n) is 8.77. The summed E-state index contributed by atoms with van der Waals surface area (Å²) in [6.07, 6.45) is 0. The summed E-state index contributed by atoms with van der Waals surface area (Å²) in [5.41, 5.74) is 3.76. The summed E-state index contributed by atoms with van der Waals surface area (Å²) in [6, 6.07) is 6.86. The molecule has 7 nitrogen and oxygen atoms in total. The highest BCUT2D eigenvalue weighted by molar-refractivity contribution is 7.92. The number of hydrogen-bond donors (Lipinski definition) is 1. The zero-order valence-corrected chi connectivity index (χ0v) is 18.2. The van der Waals surface area contributed by atoms with E-state index in [-0.39, 0.29) is 10.4 Å². The summed E-state index contributed by atoms with van der Waals surface area (Å²) in [6.45, 7) is 9.76. The van der Waals surface area contributed by atoms with Crippen LogP contribution in [0.3, 0.4) is 0 Å². The molecule has 0 saturated carbocycles. The van der Waals surface area contributed by atoms with Gasteiger partial charge in [-0.2, -0.15) is 5.10 Å². The summed E-state index contributed by atoms with van der Waals surface area (Å²) in [7, 11) is -3.79. The summed E-state index contributed by atoms with van der Waals surface area (Å²) in [5.74, 6) is 0.562. The number of ether oxygens (including phenoxy) is 1. The molecule has 3 aromatic rings. The Bertz CT molecular complexity index is 1070. The number of aromatic nitrogens is 3. The van der Waals surface area contributed by atoms with Crippen LogP contribution in [0.2, 0.25) is 0 Å². The van der Waals surface area contributed by atoms with E-state index in [0.717, 1.165) is 5.69 Å². The van der Waals surface area contributed by atoms with Crippen molar-refractivity contribution < 1.29 is 13.2 Å². The van der Waals surface area contributed by atoms with Crippen LogP contribution in [0.5, 0.6) is 5.75 Å². The molecule has 1 N–H and O–H groups in total. The number of anilines is 1. The number of nitrogens with one attached hydrogen (secondary N) is 1. The molecule has 0 radical (unpaired) electrons. The second kappa shape index (κ2) is 7.56. The van der Waals surface area contributed by atoms with Gasteiger partial charge in [0.15, 0.2) is 0 Å². The number of aryl methyl sites for hydroxylation is 1. The van der Waals surface area contributed by atoms with Crippen LogP contribution < -0.4 is 9.46 Å². The van der Waals surface area contributed by atoms with Crippen molar-refractivity contribution >= 4 is 27.0 Å². The van der Waals surface area contributed by atoms with E-state index >= 15 is 0 Å². The molecule has 9 heteroatoms. The molecule has 0 unspecified atom stereocenters. The SMILES string of the molecule is Cc1nn(C(C)(C)C)c(C)c1S(=O)(=O)Nc1cccc(OCc2cscn2)c1. The highest BCUT2D eigenvalue weighted by atomic mass is 32.2. The summed E-state index contributed by atoms with van der Waals surface area (Å²) >= 11 is 1.50. The average molecular weight is 421 g/mol. The number of sulfonamides is 1. The Kier molecular flexibility index (Phi) is 5.49. The van der Waals surface area contributed by atoms with Crippen LogP contribution in [0.1, 0.15) is 37.9 Å². The van der Waals surface area contributed by atoms with Crippen molar-refractivity contribution in [2.24, 2.45) is 0 Å². The van der Waals surface area contributed by atoms with E-state index in [0.29, 0.717) is 29.4 Å². The fraction of sp³-hybridized carbons (Fsp3) is 0.368. The molecule has 0 aliphatic carbocycles. The van der Waals surface area contributed by atoms with Gasteiger partial charge in [0.2, 0.25) is 0 Å². The van der Waals surface area contributed by atoms with Crippen molar-refractivity contribution in [1.82, 2.24) is 14.8 Å². The molecule has 150 valence electrons. The summed E-state index contributed by atoms with van der Waals surface area (Å²) in [5, 5.41) is 6.34. The standard InChI is InChI=1S/C19H24N4O3S2/c1-13-18(14(2)23(21-13)19(3,4)5)28(24,25)22-15-7-6-8-17(9-15)26-10-16-11-27-12-20-16/h6-9,11-12,22H,10H2,1-5H3. The van der Waals surface area contributed by atoms with E-state index in [1.165, 1.54) is 11.3 Å². The van der Waals surface area contributed by atoms with Gasteiger partial charge in [0.1, 0.15) is 17.3 Å². The molecule has 1 aromatic carbocycles. The molecule has 2 heterocycles. The Balaban J connectivity index is 1.83. The average Bonchev–Trinajstić information content (AvgIpc) is 3.20. The van der Waals surface area contributed by atoms with Crippen LogP contribution in [0.15, 0.2) is 40.1 Å². The Hall–Kier alpha value is -2.39. The Labute approximate surface area is 169 Å². The van der Waals surface area contributed by atoms with Crippen LogP contribution >= 0.6 is 11.3 Å². The lowest BCUT2D eigenvalue weighted by Crippen LogP contribution is -2.25. The van der Waals surface area contributed by atoms with Crippen molar-refractivity contribution in [2.75, 3.05) is 4.72 Å². The minimum absolute atomic E-state index is 0.205. The maximum atomic E-state index is 13.0. The van der Waals surface area contributed by atoms with Gasteiger partial charge in [-0.15, -0.1) is 11.3 Å². The maximum Gasteiger partial charge on any atom is 0.265 e. The van der Waals surface area contributed by atoms with Crippen LogP contribution in [0.4, 0.5) is 5.69 Å². The second-order valence-electron chi connectivity index (χ2n) is 7.48. The molecule has 0 amide bonds. The molecule has 2 aromatic heterocycles. The van der Waals surface area contributed by atoms with Gasteiger partial charge in [0.05, 0.1) is 33.8 Å². The summed E-state index contributed by atoms with van der Waals surface area (Å²) in [4.78, 5) is 4.37. The molecule has 0 bridgehead atoms. The smallest absolute Gasteiger partial charge is 0.265 e. The van der Waals surface area contributed by atoms with Crippen LogP contribution in [-0.4, -0.2) is 23.2 Å². The largest absolute Gasteiger partial charge is 0.487 e. The quantitative estimate of drug-likeness (QED) is 0.649. The normalized spacial score (nSPS) is 12.2. The lowest BCUT2D eigenvalue weighted by molar-refractivity contribution is 0.302. The molecule has 0 fully saturated rings. The Morgan fingerprint density at radius 1 is 1.25 bits per heavy atom. The van der Waals surface area contributed by atoms with Gasteiger partial charge in [-0.05, 0) is 46.8 Å². The molecule has 28 heavy (non-hydrogen) atoms. The number of hydrogen-bond acceptors (Lipinski definition) is 6. The molecule has 0 aliphatic rings. The van der Waals surface area contributed by atoms with Gasteiger partial charge >= 0.3 is 0 Å². The lowest BCUT2D eigenvalue weighted by atomic mass is 10.1. The molecule has 0 atom stereocenters. The predicted molar refractivity (Wildman–Crippen MR) is 110 cm³/mol. The molecular formula is C19H24N4O3S2. The van der Waals surface area contributed by atoms with Crippen LogP contribution in [-0.2, 0) is 22.2 Å². The van der Waals surface area contributed by atoms with Crippen LogP contribution in [0, 0.1) is 13.8 Å². The fourth-order valence-corrected chi connectivity index (χ4v) is 4.98. The number of rotatable bonds is 6. The van der Waals surface area contributed by atoms with Crippen molar-refractivity contribution in [3.05, 3.63) is 52.2 Å². The van der Waals surface area contributed by atoms with Crippen molar-refractivity contribution in [3.8, 4) is 5.75 Å². The monoisotopic (exact) mass is 420 g/mol. The minimum atomic E-state index is -3.79. The van der Waals surface area contributed by atoms with E-state index < -0.39 is 10.0 Å². The number of nitrogens with zero attached hydrogens (tertiary/aromatic N) is 3. The third-order valence-corrected chi connectivity index (χ3v) is 6.35. The topological polar surface area (TPSA) is 86.1 Å². The third kappa shape index (κ3) is 4.36. The van der Waals surface area contributed by atoms with Gasteiger partial charge in [-0.1, -0.05) is 6.07 Å². The third-order valence-electron chi connectivity index (χ3n) is 4.09. The van der Waals surface area contributed by atoms with E-state index in [9.17, 15) is 8.42 Å². The predicted octanol–water partition coefficient (Wildman–Crippen LogP) is 4.09. The van der Waals surface area contributed by atoms with Gasteiger partial charge < -0.3 is 4.74 Å². The number of thiazole rings is 1. The zero-order valence-electron chi connectivity index (χ0n) is 16.6. The molecule has 0 spiro atoms. The number of benzene rings is 1. The molecule has 0 aliphatic heterocycles. The van der Waals surface area contributed by atoms with E-state index in [2.05, 4.69) is 14.8 Å². The summed E-state index contributed by atoms with van der Waals surface area (Å²) < 4.78 is 36.1. The van der Waals surface area contributed by atoms with Crippen molar-refractivity contribution in [3.63, 3.8) is 0 Å². The van der Waals surface area contributed by atoms with Crippen LogP contribution in [0.25, 0.3) is 0 Å². The van der Waals surface area contributed by atoms with Crippen molar-refractivity contribution in [2.45, 2.75) is 51.7 Å².